The molecule has 17 aromatic carbocycles. The highest BCUT2D eigenvalue weighted by Crippen LogP contribution is 2.56. The second-order valence-electron chi connectivity index (χ2n) is 30.7. The number of nitrogens with zero attached hydrogens (tertiary/aromatic N) is 6. The van der Waals surface area contributed by atoms with Crippen molar-refractivity contribution in [3.8, 4) is 125 Å². The van der Waals surface area contributed by atoms with E-state index in [1.54, 1.807) is 30.3 Å². The molecule has 0 spiro atoms. The van der Waals surface area contributed by atoms with Crippen molar-refractivity contribution in [1.82, 2.24) is 19.9 Å². The lowest BCUT2D eigenvalue weighted by molar-refractivity contribution is -0.120. The Hall–Kier alpha value is -15.9. The number of aromatic nitrogens is 4. The molecule has 3 aliphatic heterocycles. The van der Waals surface area contributed by atoms with Crippen LogP contribution in [-0.2, 0) is 11.2 Å². The largest absolute Gasteiger partial charge is 0.506 e. The molecule has 0 amide bonds. The van der Waals surface area contributed by atoms with Gasteiger partial charge in [-0.15, -0.1) is 0 Å². The highest BCUT2D eigenvalue weighted by molar-refractivity contribution is 9.11. The minimum absolute atomic E-state index is 0.0513. The van der Waals surface area contributed by atoms with Crippen LogP contribution in [0.2, 0.25) is 0 Å². The third-order valence-corrected chi connectivity index (χ3v) is 23.7. The summed E-state index contributed by atoms with van der Waals surface area (Å²) in [4.78, 5) is 45.3. The highest BCUT2D eigenvalue weighted by atomic mass is 79.9. The number of ether oxygens (including phenoxy) is 4. The van der Waals surface area contributed by atoms with Gasteiger partial charge in [-0.1, -0.05) is 209 Å². The van der Waals surface area contributed by atoms with E-state index < -0.39 is 5.97 Å². The molecule has 0 saturated heterocycles. The van der Waals surface area contributed by atoms with Crippen LogP contribution in [0.5, 0.6) is 46.0 Å². The van der Waals surface area contributed by atoms with Crippen LogP contribution in [0.4, 0.5) is 39.8 Å². The van der Waals surface area contributed by atoms with Gasteiger partial charge in [-0.3, -0.25) is 4.79 Å². The first kappa shape index (κ1) is 84.3. The van der Waals surface area contributed by atoms with Crippen molar-refractivity contribution in [2.75, 3.05) is 15.5 Å². The maximum atomic E-state index is 11.1. The van der Waals surface area contributed by atoms with E-state index >= 15 is 0 Å². The van der Waals surface area contributed by atoms with E-state index in [2.05, 4.69) is 177 Å². The van der Waals surface area contributed by atoms with Crippen LogP contribution in [0.15, 0.2) is 412 Å². The van der Waals surface area contributed by atoms with Crippen LogP contribution in [-0.4, -0.2) is 42.6 Å². The van der Waals surface area contributed by atoms with Gasteiger partial charge in [0.2, 0.25) is 23.6 Å². The van der Waals surface area contributed by atoms with Gasteiger partial charge < -0.3 is 62.4 Å². The number of carbonyl (C=O) groups is 2. The Morgan fingerprint density at radius 3 is 0.962 bits per heavy atom. The predicted octanol–water partition coefficient (Wildman–Crippen LogP) is 31.1. The molecule has 19 nitrogen and oxygen atoms in total. The fraction of sp³-hybridized carbons (Fsp3) is 0.00917. The molecular formula is C109H69Br4N7O12. The van der Waals surface area contributed by atoms with Crippen LogP contribution < -0.4 is 34.5 Å². The minimum atomic E-state index is -1.09. The molecule has 640 valence electrons. The van der Waals surface area contributed by atoms with Gasteiger partial charge in [0, 0.05) is 57.9 Å². The molecular weight excluding hydrogens is 1920 g/mol. The van der Waals surface area contributed by atoms with E-state index in [1.165, 1.54) is 23.3 Å². The van der Waals surface area contributed by atoms with E-state index in [9.17, 15) is 9.59 Å². The first-order chi connectivity index (χ1) is 64.5. The minimum Gasteiger partial charge on any atom is -0.506 e. The van der Waals surface area contributed by atoms with E-state index in [0.29, 0.717) is 46.0 Å². The van der Waals surface area contributed by atoms with Gasteiger partial charge in [-0.05, 0) is 275 Å². The first-order valence-corrected chi connectivity index (χ1v) is 44.7. The van der Waals surface area contributed by atoms with Gasteiger partial charge in [-0.2, -0.15) is 0 Å². The second kappa shape index (κ2) is 37.0. The Labute approximate surface area is 788 Å². The van der Waals surface area contributed by atoms with Crippen LogP contribution in [0.25, 0.3) is 124 Å². The summed E-state index contributed by atoms with van der Waals surface area (Å²) >= 11 is 13.9. The van der Waals surface area contributed by atoms with Gasteiger partial charge in [0.15, 0.2) is 45.3 Å². The summed E-state index contributed by atoms with van der Waals surface area (Å²) < 4.78 is 52.0. The fourth-order valence-corrected chi connectivity index (χ4v) is 18.4. The Morgan fingerprint density at radius 1 is 0.326 bits per heavy atom. The standard InChI is InChI=1S/C50H30N4O4.C26H14Br2N2O2.C14H8Br2O4.C13H10O.C6H7NO/c1-7-19-43-37(13-1)51-49(57-43)33-25-31(26-34(27-33)50-52-38-14-2-8-20-44(38)58-50)32-28-35(53-39-15-3-9-21-45(39)55-46-22-10-4-16-40(46)53)30-36(29-32)54-41-17-5-11-23-47(41)56-48-24-12-6-18-42(48)54;27-19-12-16(13-20(28)14-19)15-9-17(25-29-21-5-1-3-7-23(21)31-25)11-18(10-15)26-30-22-6-2-4-8-24(22)32-26;15-11-2-9(3-12(16)6-11)8-1-10(14(18)19)5-13(4-8)20-7-17;1-3-7-12-10(5-1)9-11-6-2-4-8-13(11)14-12;7-5-3-1-2-4-6(5)8/h1-30H;1-14H;1-7H,(H,18,19);1-8H,9H2;1-4,8H,7H2. The van der Waals surface area contributed by atoms with Gasteiger partial charge in [-0.25, -0.2) is 24.7 Å². The number of oxazole rings is 4. The monoisotopic (exact) mass is 1980 g/mol. The summed E-state index contributed by atoms with van der Waals surface area (Å²) in [6, 6.07) is 122. The van der Waals surface area contributed by atoms with Gasteiger partial charge in [0.1, 0.15) is 45.1 Å². The van der Waals surface area contributed by atoms with Gasteiger partial charge in [0.05, 0.1) is 34.0 Å². The predicted molar refractivity (Wildman–Crippen MR) is 530 cm³/mol. The number of carboxylic acid groups (broad SMARTS) is 1. The number of nitrogens with two attached hydrogens (primary N) is 1. The second-order valence-corrected chi connectivity index (χ2v) is 34.3. The molecule has 24 rings (SSSR count). The number of nitrogen functional groups attached to an aromatic ring is 1. The third kappa shape index (κ3) is 18.1. The summed E-state index contributed by atoms with van der Waals surface area (Å²) in [7, 11) is 0. The molecule has 3 aliphatic rings. The average molecular weight is 1990 g/mol. The van der Waals surface area contributed by atoms with Crippen LogP contribution >= 0.6 is 63.7 Å². The summed E-state index contributed by atoms with van der Waals surface area (Å²) in [6.07, 6.45) is 0.979. The maximum absolute atomic E-state index is 11.1. The number of phenols is 1. The van der Waals surface area contributed by atoms with Crippen LogP contribution in [0.1, 0.15) is 21.5 Å². The SMILES string of the molecule is Brc1cc(Br)cc(-c2cc(-c3nc4ccccc4o3)cc(-c3nc4ccccc4o3)c2)c1.Nc1ccccc1O.O=COc1cc(C(=O)O)cc(-c2cc(Br)cc(Br)c2)c1.c1ccc2c(c1)Cc1ccccc1O2.c1ccc2c(c1)Oc1ccccc1N2c1cc(-c2cc(-c3nc4ccccc4o3)cc(-c3nc4ccccc4o3)c2)cc(N2c3ccccc3Oc3ccccc32)c1. The smallest absolute Gasteiger partial charge is 0.335 e. The highest BCUT2D eigenvalue weighted by Gasteiger charge is 2.31. The zero-order valence-corrected chi connectivity index (χ0v) is 75.7. The lowest BCUT2D eigenvalue weighted by Gasteiger charge is -2.36. The topological polar surface area (TPSA) is 248 Å². The number of hydrogen-bond donors (Lipinski definition) is 3. The summed E-state index contributed by atoms with van der Waals surface area (Å²) in [5, 5.41) is 17.9. The lowest BCUT2D eigenvalue weighted by Crippen LogP contribution is -2.18. The van der Waals surface area contributed by atoms with Crippen molar-refractivity contribution in [2.24, 2.45) is 0 Å². The Balaban J connectivity index is 0.000000122. The van der Waals surface area contributed by atoms with E-state index in [4.69, 9.17) is 72.5 Å². The van der Waals surface area contributed by atoms with E-state index in [-0.39, 0.29) is 23.5 Å². The fourth-order valence-electron chi connectivity index (χ4n) is 15.8. The van der Waals surface area contributed by atoms with Crippen molar-refractivity contribution in [2.45, 2.75) is 6.42 Å². The molecule has 0 bridgehead atoms. The average Bonchev–Trinajstić information content (AvgIpc) is 1.14. The molecule has 21 aromatic rings. The number of fused-ring (bicyclic) bond motifs is 10. The Morgan fingerprint density at radius 2 is 0.621 bits per heavy atom. The molecule has 132 heavy (non-hydrogen) atoms. The molecule has 0 atom stereocenters. The maximum Gasteiger partial charge on any atom is 0.335 e. The van der Waals surface area contributed by atoms with E-state index in [0.717, 1.165) is 176 Å². The molecule has 0 unspecified atom stereocenters. The number of carboxylic acids is 1. The number of para-hydroxylation sites is 20. The molecule has 0 radical (unpaired) electrons. The number of aromatic hydroxyl groups is 1. The molecule has 0 fully saturated rings. The number of halogens is 4. The summed E-state index contributed by atoms with van der Waals surface area (Å²) in [5.74, 6) is 6.43. The summed E-state index contributed by atoms with van der Waals surface area (Å²) in [5.41, 5.74) is 28.7. The number of hydrogen-bond acceptors (Lipinski definition) is 18. The number of benzene rings is 17. The molecule has 4 aromatic heterocycles. The van der Waals surface area contributed by atoms with Crippen molar-refractivity contribution in [3.63, 3.8) is 0 Å². The molecule has 0 aliphatic carbocycles. The van der Waals surface area contributed by atoms with Crippen molar-refractivity contribution >= 4 is 160 Å². The van der Waals surface area contributed by atoms with E-state index in [1.807, 2.05) is 231 Å². The molecule has 4 N–H and O–H groups in total. The van der Waals surface area contributed by atoms with Crippen molar-refractivity contribution in [1.29, 1.82) is 0 Å². The Bertz CT molecular complexity index is 7340. The molecule has 23 heteroatoms. The Kier molecular flexibility index (Phi) is 23.6. The number of aromatic carboxylic acids is 1. The normalized spacial score (nSPS) is 11.8. The number of carbonyl (C=O) groups excluding carboxylic acids is 1. The van der Waals surface area contributed by atoms with Gasteiger partial charge in [0.25, 0.3) is 6.47 Å². The first-order valence-electron chi connectivity index (χ1n) is 41.6. The number of anilines is 7. The molecule has 7 heterocycles. The summed E-state index contributed by atoms with van der Waals surface area (Å²) in [6.45, 7) is 0.265. The van der Waals surface area contributed by atoms with Crippen LogP contribution in [0, 0.1) is 0 Å². The number of rotatable bonds is 12. The number of phenolic OH excluding ortho intramolecular Hbond substituents is 1. The molecule has 0 saturated carbocycles. The van der Waals surface area contributed by atoms with Crippen molar-refractivity contribution in [3.05, 3.63) is 411 Å². The van der Waals surface area contributed by atoms with Crippen LogP contribution in [0.3, 0.4) is 0 Å². The quantitative estimate of drug-likeness (QED) is 0.0584. The zero-order valence-electron chi connectivity index (χ0n) is 69.3. The zero-order chi connectivity index (χ0) is 89.9. The van der Waals surface area contributed by atoms with Crippen molar-refractivity contribution < 1.29 is 56.4 Å². The third-order valence-electron chi connectivity index (χ3n) is 21.9. The lowest BCUT2D eigenvalue weighted by atomic mass is 9.97. The van der Waals surface area contributed by atoms with Gasteiger partial charge >= 0.3 is 5.97 Å².